The summed E-state index contributed by atoms with van der Waals surface area (Å²) in [5.74, 6) is 0. The first-order chi connectivity index (χ1) is 3.18. The fraction of sp³-hybridized carbons (Fsp3) is 0.200. The summed E-state index contributed by atoms with van der Waals surface area (Å²) in [7, 11) is 0. The van der Waals surface area contributed by atoms with E-state index in [0.717, 1.165) is 10.5 Å². The van der Waals surface area contributed by atoms with Crippen LogP contribution >= 0.6 is 12.6 Å². The summed E-state index contributed by atoms with van der Waals surface area (Å²) in [5.41, 5.74) is 6.02. The van der Waals surface area contributed by atoms with Crippen molar-refractivity contribution in [2.24, 2.45) is 5.73 Å². The lowest BCUT2D eigenvalue weighted by atomic mass is 10.3. The van der Waals surface area contributed by atoms with Crippen molar-refractivity contribution < 1.29 is 0 Å². The molecule has 0 amide bonds. The van der Waals surface area contributed by atoms with E-state index in [1.54, 1.807) is 0 Å². The van der Waals surface area contributed by atoms with E-state index in [0.29, 0.717) is 0 Å². The molecule has 0 spiro atoms. The third-order valence-electron chi connectivity index (χ3n) is 0.705. The molecule has 0 saturated heterocycles. The Morgan fingerprint density at radius 3 is 2.29 bits per heavy atom. The predicted octanol–water partition coefficient (Wildman–Crippen LogP) is 1.29. The first-order valence-electron chi connectivity index (χ1n) is 1.95. The standard InChI is InChI=1S/C5H9NS/c1-4(3-6)5(2)7/h3,7H,2,6H2,1H3/b4-3+. The minimum Gasteiger partial charge on any atom is -0.404 e. The monoisotopic (exact) mass is 115 g/mol. The largest absolute Gasteiger partial charge is 0.404 e. The first-order valence-corrected chi connectivity index (χ1v) is 2.40. The van der Waals surface area contributed by atoms with E-state index in [-0.39, 0.29) is 0 Å². The highest BCUT2D eigenvalue weighted by Gasteiger charge is 1.83. The lowest BCUT2D eigenvalue weighted by Crippen LogP contribution is -1.82. The summed E-state index contributed by atoms with van der Waals surface area (Å²) in [6, 6.07) is 0. The van der Waals surface area contributed by atoms with E-state index in [9.17, 15) is 0 Å². The number of nitrogens with two attached hydrogens (primary N) is 1. The summed E-state index contributed by atoms with van der Waals surface area (Å²) in [5, 5.41) is 0. The van der Waals surface area contributed by atoms with Crippen molar-refractivity contribution in [3.8, 4) is 0 Å². The van der Waals surface area contributed by atoms with E-state index in [2.05, 4.69) is 19.2 Å². The van der Waals surface area contributed by atoms with Gasteiger partial charge in [-0.25, -0.2) is 0 Å². The maximum Gasteiger partial charge on any atom is 0.00116 e. The highest BCUT2D eigenvalue weighted by molar-refractivity contribution is 7.84. The average Bonchev–Trinajstić information content (AvgIpc) is 1.65. The molecular weight excluding hydrogens is 106 g/mol. The van der Waals surface area contributed by atoms with Crippen LogP contribution in [-0.4, -0.2) is 0 Å². The third kappa shape index (κ3) is 2.34. The number of hydrogen-bond acceptors (Lipinski definition) is 2. The van der Waals surface area contributed by atoms with Crippen LogP contribution in [0.2, 0.25) is 0 Å². The molecule has 0 heterocycles. The molecule has 0 aromatic rings. The molecule has 0 radical (unpaired) electrons. The smallest absolute Gasteiger partial charge is 0.00116 e. The number of thiol groups is 1. The van der Waals surface area contributed by atoms with Crippen molar-refractivity contribution in [2.75, 3.05) is 0 Å². The topological polar surface area (TPSA) is 26.0 Å². The van der Waals surface area contributed by atoms with Crippen LogP contribution < -0.4 is 5.73 Å². The molecule has 2 heteroatoms. The summed E-state index contributed by atoms with van der Waals surface area (Å²) in [6.45, 7) is 5.40. The molecule has 0 aliphatic carbocycles. The molecule has 0 atom stereocenters. The zero-order chi connectivity index (χ0) is 5.86. The second kappa shape index (κ2) is 2.75. The molecule has 0 unspecified atom stereocenters. The molecule has 0 rings (SSSR count). The minimum atomic E-state index is 0.725. The molecule has 7 heavy (non-hydrogen) atoms. The zero-order valence-corrected chi connectivity index (χ0v) is 5.20. The van der Waals surface area contributed by atoms with Crippen LogP contribution in [0.5, 0.6) is 0 Å². The van der Waals surface area contributed by atoms with E-state index in [1.807, 2.05) is 6.92 Å². The lowest BCUT2D eigenvalue weighted by Gasteiger charge is -1.90. The van der Waals surface area contributed by atoms with Gasteiger partial charge >= 0.3 is 0 Å². The Bertz CT molecular complexity index is 105. The lowest BCUT2D eigenvalue weighted by molar-refractivity contribution is 1.43. The van der Waals surface area contributed by atoms with E-state index < -0.39 is 0 Å². The van der Waals surface area contributed by atoms with Gasteiger partial charge in [0.1, 0.15) is 0 Å². The SMILES string of the molecule is C=C(S)/C(C)=C/N. The fourth-order valence-corrected chi connectivity index (χ4v) is 0.171. The molecule has 0 bridgehead atoms. The third-order valence-corrected chi connectivity index (χ3v) is 1.06. The van der Waals surface area contributed by atoms with Gasteiger partial charge in [0, 0.05) is 4.91 Å². The number of allylic oxidation sites excluding steroid dienone is 1. The van der Waals surface area contributed by atoms with Gasteiger partial charge in [0.25, 0.3) is 0 Å². The number of hydrogen-bond donors (Lipinski definition) is 2. The van der Waals surface area contributed by atoms with E-state index in [1.165, 1.54) is 6.20 Å². The molecule has 0 fully saturated rings. The minimum absolute atomic E-state index is 0.725. The van der Waals surface area contributed by atoms with Crippen molar-refractivity contribution in [1.29, 1.82) is 0 Å². The Labute approximate surface area is 49.3 Å². The maximum atomic E-state index is 5.10. The van der Waals surface area contributed by atoms with Crippen LogP contribution in [0.1, 0.15) is 6.92 Å². The molecule has 1 nitrogen and oxygen atoms in total. The Hall–Kier alpha value is -0.370. The molecule has 2 N–H and O–H groups in total. The normalized spacial score (nSPS) is 11.4. The molecule has 0 aromatic heterocycles. The molecule has 0 aromatic carbocycles. The Morgan fingerprint density at radius 1 is 1.86 bits per heavy atom. The van der Waals surface area contributed by atoms with Crippen LogP contribution in [0.15, 0.2) is 23.3 Å². The van der Waals surface area contributed by atoms with Gasteiger partial charge in [0.15, 0.2) is 0 Å². The quantitative estimate of drug-likeness (QED) is 0.391. The predicted molar refractivity (Wildman–Crippen MR) is 36.1 cm³/mol. The van der Waals surface area contributed by atoms with Crippen LogP contribution in [0.25, 0.3) is 0 Å². The van der Waals surface area contributed by atoms with Crippen molar-refractivity contribution in [3.63, 3.8) is 0 Å². The second-order valence-corrected chi connectivity index (χ2v) is 1.84. The van der Waals surface area contributed by atoms with Crippen LogP contribution in [0.4, 0.5) is 0 Å². The van der Waals surface area contributed by atoms with E-state index in [4.69, 9.17) is 5.73 Å². The Morgan fingerprint density at radius 2 is 2.29 bits per heavy atom. The van der Waals surface area contributed by atoms with Crippen LogP contribution in [0, 0.1) is 0 Å². The first kappa shape index (κ1) is 6.63. The molecular formula is C5H9NS. The molecule has 0 aliphatic heterocycles. The van der Waals surface area contributed by atoms with Gasteiger partial charge in [-0.2, -0.15) is 0 Å². The van der Waals surface area contributed by atoms with Gasteiger partial charge in [-0.1, -0.05) is 6.58 Å². The van der Waals surface area contributed by atoms with E-state index >= 15 is 0 Å². The van der Waals surface area contributed by atoms with Crippen molar-refractivity contribution in [1.82, 2.24) is 0 Å². The summed E-state index contributed by atoms with van der Waals surface area (Å²) in [6.07, 6.45) is 1.48. The van der Waals surface area contributed by atoms with Gasteiger partial charge in [0.05, 0.1) is 0 Å². The van der Waals surface area contributed by atoms with Gasteiger partial charge in [-0.15, -0.1) is 12.6 Å². The molecule has 0 aliphatic rings. The molecule has 0 saturated carbocycles. The fourth-order valence-electron chi connectivity index (χ4n) is 0.0962. The van der Waals surface area contributed by atoms with Gasteiger partial charge in [-0.05, 0) is 18.7 Å². The highest BCUT2D eigenvalue weighted by atomic mass is 32.1. The summed E-state index contributed by atoms with van der Waals surface area (Å²) < 4.78 is 0. The van der Waals surface area contributed by atoms with Crippen LogP contribution in [-0.2, 0) is 0 Å². The molecule has 40 valence electrons. The van der Waals surface area contributed by atoms with Gasteiger partial charge < -0.3 is 5.73 Å². The zero-order valence-electron chi connectivity index (χ0n) is 4.31. The Balaban J connectivity index is 3.82. The van der Waals surface area contributed by atoms with Crippen LogP contribution in [0.3, 0.4) is 0 Å². The second-order valence-electron chi connectivity index (χ2n) is 1.30. The van der Waals surface area contributed by atoms with Gasteiger partial charge in [-0.3, -0.25) is 0 Å². The summed E-state index contributed by atoms with van der Waals surface area (Å²) >= 11 is 3.93. The maximum absolute atomic E-state index is 5.10. The summed E-state index contributed by atoms with van der Waals surface area (Å²) in [4.78, 5) is 0.725. The van der Waals surface area contributed by atoms with Crippen molar-refractivity contribution in [3.05, 3.63) is 23.3 Å². The average molecular weight is 115 g/mol. The number of rotatable bonds is 1. The van der Waals surface area contributed by atoms with Crippen molar-refractivity contribution >= 4 is 12.6 Å². The van der Waals surface area contributed by atoms with Crippen molar-refractivity contribution in [2.45, 2.75) is 6.92 Å². The van der Waals surface area contributed by atoms with Gasteiger partial charge in [0.2, 0.25) is 0 Å². The Kier molecular flexibility index (Phi) is 2.60. The highest BCUT2D eigenvalue weighted by Crippen LogP contribution is 2.06.